The lowest BCUT2D eigenvalue weighted by molar-refractivity contribution is -0.325. The molecule has 1 fully saturated rings. The Kier molecular flexibility index (Phi) is 9.58. The number of nitrogens with two attached hydrogens (primary N) is 1. The van der Waals surface area contributed by atoms with Crippen molar-refractivity contribution in [2.75, 3.05) is 19.7 Å². The monoisotopic (exact) mass is 601 g/mol. The molecule has 0 spiro atoms. The van der Waals surface area contributed by atoms with Crippen molar-refractivity contribution < 1.29 is 49.4 Å². The van der Waals surface area contributed by atoms with Crippen LogP contribution in [0, 0.1) is 11.6 Å². The smallest absolute Gasteiger partial charge is 0.405 e. The number of alkyl halides is 6. The zero-order valence-electron chi connectivity index (χ0n) is 20.6. The molecule has 2 heterocycles. The van der Waals surface area contributed by atoms with Crippen molar-refractivity contribution in [2.24, 2.45) is 5.73 Å². The van der Waals surface area contributed by atoms with Crippen LogP contribution in [-0.4, -0.2) is 47.8 Å². The van der Waals surface area contributed by atoms with Gasteiger partial charge in [-0.1, -0.05) is 12.1 Å². The summed E-state index contributed by atoms with van der Waals surface area (Å²) in [7, 11) is 0. The van der Waals surface area contributed by atoms with Gasteiger partial charge in [0.2, 0.25) is 0 Å². The Bertz CT molecular complexity index is 1350. The van der Waals surface area contributed by atoms with Gasteiger partial charge in [-0.3, -0.25) is 9.53 Å². The van der Waals surface area contributed by atoms with E-state index in [1.807, 2.05) is 0 Å². The molecule has 4 rings (SSSR count). The maximum atomic E-state index is 14.8. The van der Waals surface area contributed by atoms with E-state index >= 15 is 0 Å². The predicted octanol–water partition coefficient (Wildman–Crippen LogP) is 6.25. The van der Waals surface area contributed by atoms with E-state index in [-0.39, 0.29) is 43.5 Å². The fourth-order valence-electron chi connectivity index (χ4n) is 4.78. The van der Waals surface area contributed by atoms with E-state index < -0.39 is 60.1 Å². The summed E-state index contributed by atoms with van der Waals surface area (Å²) in [6.45, 7) is -1.19. The number of piperidine rings is 1. The Hall–Kier alpha value is -3.10. The van der Waals surface area contributed by atoms with E-state index in [4.69, 9.17) is 5.73 Å². The van der Waals surface area contributed by atoms with Crippen LogP contribution >= 0.6 is 12.4 Å². The number of rotatable bonds is 7. The van der Waals surface area contributed by atoms with E-state index in [9.17, 15) is 39.9 Å². The second kappa shape index (κ2) is 12.2. The van der Waals surface area contributed by atoms with Crippen LogP contribution in [0.3, 0.4) is 0 Å². The van der Waals surface area contributed by atoms with Crippen molar-refractivity contribution in [1.82, 2.24) is 9.47 Å². The van der Waals surface area contributed by atoms with Crippen LogP contribution < -0.4 is 10.5 Å². The van der Waals surface area contributed by atoms with Crippen LogP contribution in [0.1, 0.15) is 40.2 Å². The number of halogens is 9. The van der Waals surface area contributed by atoms with Gasteiger partial charge in [-0.2, -0.15) is 0 Å². The van der Waals surface area contributed by atoms with Gasteiger partial charge in [0.1, 0.15) is 17.4 Å². The third-order valence-electron chi connectivity index (χ3n) is 6.50. The van der Waals surface area contributed by atoms with Crippen LogP contribution in [0.25, 0.3) is 10.9 Å². The van der Waals surface area contributed by atoms with Gasteiger partial charge in [-0.05, 0) is 48.1 Å². The third kappa shape index (κ3) is 7.15. The number of likely N-dealkylation sites (tertiary alicyclic amines) is 1. The van der Waals surface area contributed by atoms with Gasteiger partial charge in [-0.25, -0.2) is 8.78 Å². The summed E-state index contributed by atoms with van der Waals surface area (Å²) in [5.74, 6) is -3.40. The van der Waals surface area contributed by atoms with E-state index in [0.717, 1.165) is 16.3 Å². The standard InChI is InChI=1S/C25H23F8N3O3.ClH/c26-18-2-1-14(12-34)11-16(18)15-5-7-35(8-6-15)23(37)17-13-36(9-10-38-24(28,29)30)22-19(27)3-4-20(21(17)22)39-25(31,32)33;/h1-4,11,13,15H,5-10,12,34H2;1H. The lowest BCUT2D eigenvalue weighted by Gasteiger charge is -2.32. The summed E-state index contributed by atoms with van der Waals surface area (Å²) in [6.07, 6.45) is -8.54. The molecule has 0 aliphatic carbocycles. The quantitative estimate of drug-likeness (QED) is 0.325. The van der Waals surface area contributed by atoms with Crippen molar-refractivity contribution in [1.29, 1.82) is 0 Å². The fourth-order valence-corrected chi connectivity index (χ4v) is 4.78. The molecule has 0 radical (unpaired) electrons. The Morgan fingerprint density at radius 3 is 2.23 bits per heavy atom. The zero-order chi connectivity index (χ0) is 28.5. The van der Waals surface area contributed by atoms with E-state index in [2.05, 4.69) is 9.47 Å². The largest absolute Gasteiger partial charge is 0.573 e. The van der Waals surface area contributed by atoms with Gasteiger partial charge >= 0.3 is 12.7 Å². The van der Waals surface area contributed by atoms with Crippen molar-refractivity contribution in [3.63, 3.8) is 0 Å². The van der Waals surface area contributed by atoms with Crippen molar-refractivity contribution in [3.05, 3.63) is 64.9 Å². The molecule has 1 aromatic heterocycles. The highest BCUT2D eigenvalue weighted by atomic mass is 35.5. The van der Waals surface area contributed by atoms with E-state index in [1.165, 1.54) is 11.0 Å². The third-order valence-corrected chi connectivity index (χ3v) is 6.50. The molecule has 2 N–H and O–H groups in total. The van der Waals surface area contributed by atoms with Gasteiger partial charge in [0.15, 0.2) is 0 Å². The highest BCUT2D eigenvalue weighted by Gasteiger charge is 2.35. The Morgan fingerprint density at radius 2 is 1.62 bits per heavy atom. The van der Waals surface area contributed by atoms with Gasteiger partial charge in [0.25, 0.3) is 5.91 Å². The lowest BCUT2D eigenvalue weighted by Crippen LogP contribution is -2.38. The summed E-state index contributed by atoms with van der Waals surface area (Å²) in [5.41, 5.74) is 5.88. The summed E-state index contributed by atoms with van der Waals surface area (Å²) < 4.78 is 114. The topological polar surface area (TPSA) is 69.7 Å². The van der Waals surface area contributed by atoms with Gasteiger partial charge in [-0.15, -0.1) is 38.7 Å². The molecule has 6 nitrogen and oxygen atoms in total. The molecule has 2 aromatic carbocycles. The number of aromatic nitrogens is 1. The maximum Gasteiger partial charge on any atom is 0.573 e. The molecule has 0 unspecified atom stereocenters. The van der Waals surface area contributed by atoms with Crippen molar-refractivity contribution >= 4 is 29.2 Å². The molecular weight excluding hydrogens is 578 g/mol. The number of fused-ring (bicyclic) bond motifs is 1. The predicted molar refractivity (Wildman–Crippen MR) is 130 cm³/mol. The molecule has 0 atom stereocenters. The minimum Gasteiger partial charge on any atom is -0.405 e. The van der Waals surface area contributed by atoms with Crippen LogP contribution in [0.15, 0.2) is 36.5 Å². The van der Waals surface area contributed by atoms with Crippen molar-refractivity contribution in [3.8, 4) is 5.75 Å². The van der Waals surface area contributed by atoms with Gasteiger partial charge in [0.05, 0.1) is 23.1 Å². The van der Waals surface area contributed by atoms with Gasteiger partial charge in [0, 0.05) is 32.4 Å². The Balaban J connectivity index is 0.00000441. The Labute approximate surface area is 229 Å². The molecule has 1 aliphatic rings. The molecule has 1 amide bonds. The van der Waals surface area contributed by atoms with E-state index in [0.29, 0.717) is 30.5 Å². The molecule has 0 bridgehead atoms. The number of benzene rings is 2. The van der Waals surface area contributed by atoms with Crippen molar-refractivity contribution in [2.45, 2.75) is 44.6 Å². The lowest BCUT2D eigenvalue weighted by atomic mass is 9.88. The zero-order valence-corrected chi connectivity index (χ0v) is 21.4. The van der Waals surface area contributed by atoms with Gasteiger partial charge < -0.3 is 19.9 Å². The minimum absolute atomic E-state index is 0. The average Bonchev–Trinajstić information content (AvgIpc) is 3.25. The number of hydrogen-bond acceptors (Lipinski definition) is 4. The Morgan fingerprint density at radius 1 is 0.975 bits per heavy atom. The molecule has 0 saturated carbocycles. The first-order valence-electron chi connectivity index (χ1n) is 11.8. The molecule has 220 valence electrons. The maximum absolute atomic E-state index is 14.8. The number of nitrogens with zero attached hydrogens (tertiary/aromatic N) is 2. The first kappa shape index (κ1) is 31.4. The molecule has 3 aromatic rings. The minimum atomic E-state index is -5.19. The average molecular weight is 602 g/mol. The van der Waals surface area contributed by atoms with Crippen LogP contribution in [0.4, 0.5) is 35.1 Å². The molecule has 1 aliphatic heterocycles. The number of carbonyl (C=O) groups excluding carboxylic acids is 1. The normalized spacial score (nSPS) is 14.9. The fraction of sp³-hybridized carbons (Fsp3) is 0.400. The number of carbonyl (C=O) groups is 1. The van der Waals surface area contributed by atoms with Crippen LogP contribution in [0.5, 0.6) is 5.75 Å². The summed E-state index contributed by atoms with van der Waals surface area (Å²) >= 11 is 0. The number of ether oxygens (including phenoxy) is 2. The van der Waals surface area contributed by atoms with E-state index in [1.54, 1.807) is 12.1 Å². The van der Waals surface area contributed by atoms with Crippen LogP contribution in [-0.2, 0) is 17.8 Å². The highest BCUT2D eigenvalue weighted by molar-refractivity contribution is 6.09. The molecule has 40 heavy (non-hydrogen) atoms. The molecule has 15 heteroatoms. The summed E-state index contributed by atoms with van der Waals surface area (Å²) in [5, 5.41) is -0.534. The second-order valence-corrected chi connectivity index (χ2v) is 8.97. The number of hydrogen-bond donors (Lipinski definition) is 1. The number of amides is 1. The highest BCUT2D eigenvalue weighted by Crippen LogP contribution is 2.38. The van der Waals surface area contributed by atoms with Crippen LogP contribution in [0.2, 0.25) is 0 Å². The first-order valence-corrected chi connectivity index (χ1v) is 11.8. The molecule has 1 saturated heterocycles. The first-order chi connectivity index (χ1) is 18.3. The molecular formula is C25H24ClF8N3O3. The summed E-state index contributed by atoms with van der Waals surface area (Å²) in [4.78, 5) is 14.8. The summed E-state index contributed by atoms with van der Waals surface area (Å²) in [6, 6.07) is 5.87. The second-order valence-electron chi connectivity index (χ2n) is 8.97. The SMILES string of the molecule is Cl.NCc1ccc(F)c(C2CCN(C(=O)c3cn(CCOC(F)(F)F)c4c(F)ccc(OC(F)(F)F)c34)CC2)c1.